The van der Waals surface area contributed by atoms with E-state index >= 15 is 0 Å². The van der Waals surface area contributed by atoms with Crippen molar-refractivity contribution in [3.63, 3.8) is 0 Å². The monoisotopic (exact) mass is 348 g/mol. The number of carbonyl (C=O) groups excluding carboxylic acids is 1. The Morgan fingerprint density at radius 1 is 1.16 bits per heavy atom. The highest BCUT2D eigenvalue weighted by Crippen LogP contribution is 2.17. The molecule has 1 atom stereocenters. The Morgan fingerprint density at radius 3 is 2.40 bits per heavy atom. The average Bonchev–Trinajstić information content (AvgIpc) is 3.08. The third-order valence-corrected chi connectivity index (χ3v) is 5.08. The van der Waals surface area contributed by atoms with E-state index < -0.39 is 17.3 Å². The van der Waals surface area contributed by atoms with Crippen LogP contribution in [0.5, 0.6) is 0 Å². The summed E-state index contributed by atoms with van der Waals surface area (Å²) in [4.78, 5) is 45.7. The number of rotatable bonds is 3. The van der Waals surface area contributed by atoms with Gasteiger partial charge in [0, 0.05) is 40.3 Å². The normalized spacial score (nSPS) is 17.2. The predicted octanol–water partition coefficient (Wildman–Crippen LogP) is -0.841. The molecule has 0 radical (unpaired) electrons. The second-order valence-corrected chi connectivity index (χ2v) is 6.47. The molecule has 0 N–H and O–H groups in total. The van der Waals surface area contributed by atoms with Crippen molar-refractivity contribution in [2.45, 2.75) is 19.9 Å². The van der Waals surface area contributed by atoms with E-state index in [1.165, 1.54) is 17.9 Å². The number of fused-ring (bicyclic) bond motifs is 1. The number of aryl methyl sites for hydroxylation is 1. The van der Waals surface area contributed by atoms with Crippen molar-refractivity contribution in [1.29, 1.82) is 0 Å². The fourth-order valence-electron chi connectivity index (χ4n) is 3.33. The van der Waals surface area contributed by atoms with Gasteiger partial charge in [-0.1, -0.05) is 6.92 Å². The molecule has 2 aromatic rings. The summed E-state index contributed by atoms with van der Waals surface area (Å²) in [6, 6.07) is -0.552. The number of hydrogen-bond acceptors (Lipinski definition) is 5. The highest BCUT2D eigenvalue weighted by molar-refractivity contribution is 5.82. The van der Waals surface area contributed by atoms with Crippen molar-refractivity contribution in [3.05, 3.63) is 27.2 Å². The average molecular weight is 348 g/mol. The minimum Gasteiger partial charge on any atom is -0.338 e. The SMILES string of the molecule is CCN1CCN(C(=O)[C@H](C)n2cnc3c2c(=O)n(C)c(=O)n3C)CC1. The van der Waals surface area contributed by atoms with E-state index in [2.05, 4.69) is 16.8 Å². The molecule has 0 spiro atoms. The first kappa shape index (κ1) is 17.4. The molecule has 25 heavy (non-hydrogen) atoms. The maximum absolute atomic E-state index is 12.9. The summed E-state index contributed by atoms with van der Waals surface area (Å²) in [6.07, 6.45) is 1.47. The number of piperazine rings is 1. The van der Waals surface area contributed by atoms with E-state index in [1.54, 1.807) is 18.5 Å². The second-order valence-electron chi connectivity index (χ2n) is 6.47. The fraction of sp³-hybridized carbons (Fsp3) is 0.625. The summed E-state index contributed by atoms with van der Waals surface area (Å²) in [5, 5.41) is 0. The summed E-state index contributed by atoms with van der Waals surface area (Å²) in [5.74, 6) is -0.0361. The minimum atomic E-state index is -0.552. The lowest BCUT2D eigenvalue weighted by Crippen LogP contribution is -2.50. The van der Waals surface area contributed by atoms with Gasteiger partial charge in [-0.2, -0.15) is 0 Å². The Kier molecular flexibility index (Phi) is 4.51. The van der Waals surface area contributed by atoms with Crippen molar-refractivity contribution in [1.82, 2.24) is 28.5 Å². The van der Waals surface area contributed by atoms with Crippen LogP contribution < -0.4 is 11.2 Å². The van der Waals surface area contributed by atoms with Crippen LogP contribution in [0.15, 0.2) is 15.9 Å². The Morgan fingerprint density at radius 2 is 1.80 bits per heavy atom. The molecular weight excluding hydrogens is 324 g/mol. The second kappa shape index (κ2) is 6.47. The van der Waals surface area contributed by atoms with Crippen LogP contribution in [0.2, 0.25) is 0 Å². The first-order valence-electron chi connectivity index (χ1n) is 8.50. The lowest BCUT2D eigenvalue weighted by atomic mass is 10.2. The van der Waals surface area contributed by atoms with Crippen LogP contribution >= 0.6 is 0 Å². The quantitative estimate of drug-likeness (QED) is 0.722. The largest absolute Gasteiger partial charge is 0.338 e. The zero-order chi connectivity index (χ0) is 18.3. The Balaban J connectivity index is 1.96. The van der Waals surface area contributed by atoms with Gasteiger partial charge in [-0.05, 0) is 13.5 Å². The minimum absolute atomic E-state index is 0.0361. The molecule has 1 fully saturated rings. The van der Waals surface area contributed by atoms with Gasteiger partial charge in [0.1, 0.15) is 6.04 Å². The smallest absolute Gasteiger partial charge is 0.332 e. The zero-order valence-electron chi connectivity index (χ0n) is 15.1. The van der Waals surface area contributed by atoms with Crippen LogP contribution in [0.4, 0.5) is 0 Å². The highest BCUT2D eigenvalue weighted by Gasteiger charge is 2.27. The van der Waals surface area contributed by atoms with Gasteiger partial charge in [0.05, 0.1) is 6.33 Å². The van der Waals surface area contributed by atoms with E-state index in [9.17, 15) is 14.4 Å². The summed E-state index contributed by atoms with van der Waals surface area (Å²) in [5.41, 5.74) is -0.301. The molecule has 1 saturated heterocycles. The van der Waals surface area contributed by atoms with Crippen LogP contribution in [0.25, 0.3) is 11.2 Å². The molecule has 1 aliphatic heterocycles. The lowest BCUT2D eigenvalue weighted by molar-refractivity contribution is -0.135. The Labute approximate surface area is 145 Å². The summed E-state index contributed by atoms with van der Waals surface area (Å²) in [7, 11) is 3.00. The Hall–Kier alpha value is -2.42. The summed E-state index contributed by atoms with van der Waals surface area (Å²) in [6.45, 7) is 7.93. The van der Waals surface area contributed by atoms with Gasteiger partial charge in [0.25, 0.3) is 5.56 Å². The van der Waals surface area contributed by atoms with Crippen LogP contribution in [-0.2, 0) is 18.9 Å². The molecule has 0 aliphatic carbocycles. The van der Waals surface area contributed by atoms with Gasteiger partial charge >= 0.3 is 5.69 Å². The van der Waals surface area contributed by atoms with E-state index in [1.807, 2.05) is 4.90 Å². The molecule has 0 bridgehead atoms. The molecule has 9 nitrogen and oxygen atoms in total. The molecule has 3 heterocycles. The zero-order valence-corrected chi connectivity index (χ0v) is 15.1. The number of hydrogen-bond donors (Lipinski definition) is 0. The number of likely N-dealkylation sites (N-methyl/N-ethyl adjacent to an activating group) is 1. The number of nitrogens with zero attached hydrogens (tertiary/aromatic N) is 6. The number of aromatic nitrogens is 4. The van der Waals surface area contributed by atoms with E-state index in [0.29, 0.717) is 18.7 Å². The number of amides is 1. The standard InChI is InChI=1S/C16H24N6O3/c1-5-20-6-8-21(9-7-20)14(23)11(2)22-10-17-13-12(22)15(24)19(4)16(25)18(13)3/h10-11H,5-9H2,1-4H3/t11-/m0/s1. The van der Waals surface area contributed by atoms with Crippen molar-refractivity contribution in [2.75, 3.05) is 32.7 Å². The first-order valence-corrected chi connectivity index (χ1v) is 8.50. The van der Waals surface area contributed by atoms with E-state index in [0.717, 1.165) is 24.2 Å². The molecule has 0 aromatic carbocycles. The fourth-order valence-corrected chi connectivity index (χ4v) is 3.33. The van der Waals surface area contributed by atoms with Crippen LogP contribution in [0, 0.1) is 0 Å². The van der Waals surface area contributed by atoms with E-state index in [-0.39, 0.29) is 11.4 Å². The molecule has 136 valence electrons. The van der Waals surface area contributed by atoms with Crippen LogP contribution in [-0.4, -0.2) is 67.1 Å². The highest BCUT2D eigenvalue weighted by atomic mass is 16.2. The number of carbonyl (C=O) groups is 1. The molecule has 0 unspecified atom stereocenters. The third-order valence-electron chi connectivity index (χ3n) is 5.08. The van der Waals surface area contributed by atoms with Gasteiger partial charge in [-0.15, -0.1) is 0 Å². The van der Waals surface area contributed by atoms with E-state index in [4.69, 9.17) is 0 Å². The van der Waals surface area contributed by atoms with Crippen LogP contribution in [0.3, 0.4) is 0 Å². The maximum Gasteiger partial charge on any atom is 0.332 e. The van der Waals surface area contributed by atoms with Crippen LogP contribution in [0.1, 0.15) is 19.9 Å². The van der Waals surface area contributed by atoms with Crippen molar-refractivity contribution >= 4 is 17.1 Å². The van der Waals surface area contributed by atoms with Crippen molar-refractivity contribution in [3.8, 4) is 0 Å². The molecule has 9 heteroatoms. The molecule has 3 rings (SSSR count). The molecule has 0 saturated carbocycles. The van der Waals surface area contributed by atoms with Crippen molar-refractivity contribution < 1.29 is 4.79 Å². The van der Waals surface area contributed by atoms with Crippen molar-refractivity contribution in [2.24, 2.45) is 14.1 Å². The summed E-state index contributed by atoms with van der Waals surface area (Å²) >= 11 is 0. The van der Waals surface area contributed by atoms with Gasteiger partial charge in [-0.25, -0.2) is 9.78 Å². The number of imidazole rings is 1. The third kappa shape index (κ3) is 2.78. The van der Waals surface area contributed by atoms with Gasteiger partial charge in [0.2, 0.25) is 5.91 Å². The molecule has 1 amide bonds. The predicted molar refractivity (Wildman–Crippen MR) is 93.6 cm³/mol. The van der Waals surface area contributed by atoms with Gasteiger partial charge < -0.3 is 14.4 Å². The van der Waals surface area contributed by atoms with Gasteiger partial charge in [-0.3, -0.25) is 18.7 Å². The maximum atomic E-state index is 12.9. The molecule has 2 aromatic heterocycles. The Bertz CT molecular complexity index is 916. The summed E-state index contributed by atoms with van der Waals surface area (Å²) < 4.78 is 3.94. The topological polar surface area (TPSA) is 85.4 Å². The first-order chi connectivity index (χ1) is 11.9. The lowest BCUT2D eigenvalue weighted by Gasteiger charge is -2.35. The van der Waals surface area contributed by atoms with Gasteiger partial charge in [0.15, 0.2) is 11.2 Å². The molecular formula is C16H24N6O3. The molecule has 1 aliphatic rings.